The molecule has 0 unspecified atom stereocenters. The average molecular weight is 317 g/mol. The molecule has 2 aromatic carbocycles. The zero-order valence-corrected chi connectivity index (χ0v) is 11.4. The van der Waals surface area contributed by atoms with Gasteiger partial charge in [-0.1, -0.05) is 34.1 Å². The van der Waals surface area contributed by atoms with Crippen LogP contribution in [0.1, 0.15) is 10.6 Å². The highest BCUT2D eigenvalue weighted by Gasteiger charge is 2.14. The van der Waals surface area contributed by atoms with Crippen molar-refractivity contribution in [1.29, 1.82) is 0 Å². The lowest BCUT2D eigenvalue weighted by Crippen LogP contribution is -2.06. The van der Waals surface area contributed by atoms with Crippen molar-refractivity contribution in [2.75, 3.05) is 0 Å². The molecule has 94 valence electrons. The molecule has 0 radical (unpaired) electrons. The topological polar surface area (TPSA) is 39.4 Å². The minimum atomic E-state index is -0.501. The zero-order chi connectivity index (χ0) is 13.2. The lowest BCUT2D eigenvalue weighted by molar-refractivity contribution is 0.0704. The first-order valence-electron chi connectivity index (χ1n) is 5.69. The Morgan fingerprint density at radius 3 is 2.53 bits per heavy atom. The third-order valence-corrected chi connectivity index (χ3v) is 3.18. The highest BCUT2D eigenvalue weighted by Crippen LogP contribution is 2.21. The van der Waals surface area contributed by atoms with Crippen molar-refractivity contribution < 1.29 is 13.9 Å². The lowest BCUT2D eigenvalue weighted by Gasteiger charge is -2.01. The molecule has 1 aromatic heterocycles. The Bertz CT molecular complexity index is 695. The van der Waals surface area contributed by atoms with E-state index in [-0.39, 0.29) is 5.76 Å². The molecule has 1 heterocycles. The van der Waals surface area contributed by atoms with E-state index in [4.69, 9.17) is 9.15 Å². The van der Waals surface area contributed by atoms with E-state index >= 15 is 0 Å². The lowest BCUT2D eigenvalue weighted by atomic mass is 10.2. The SMILES string of the molecule is O=C(Oc1ccc(Br)cc1)c1cc2ccccc2o1. The van der Waals surface area contributed by atoms with Crippen LogP contribution in [-0.2, 0) is 0 Å². The smallest absolute Gasteiger partial charge is 0.379 e. The molecule has 0 aliphatic rings. The van der Waals surface area contributed by atoms with Crippen LogP contribution in [0.25, 0.3) is 11.0 Å². The van der Waals surface area contributed by atoms with Gasteiger partial charge in [0.1, 0.15) is 11.3 Å². The van der Waals surface area contributed by atoms with Crippen LogP contribution < -0.4 is 4.74 Å². The van der Waals surface area contributed by atoms with Gasteiger partial charge in [0.25, 0.3) is 0 Å². The third kappa shape index (κ3) is 2.53. The summed E-state index contributed by atoms with van der Waals surface area (Å²) in [6.45, 7) is 0. The molecule has 3 nitrogen and oxygen atoms in total. The fourth-order valence-corrected chi connectivity index (χ4v) is 2.01. The normalized spacial score (nSPS) is 10.6. The Balaban J connectivity index is 1.85. The summed E-state index contributed by atoms with van der Waals surface area (Å²) in [5, 5.41) is 0.880. The van der Waals surface area contributed by atoms with Crippen LogP contribution in [0.2, 0.25) is 0 Å². The van der Waals surface area contributed by atoms with Gasteiger partial charge < -0.3 is 9.15 Å². The Morgan fingerprint density at radius 1 is 1.05 bits per heavy atom. The molecular formula is C15H9BrO3. The molecule has 0 atom stereocenters. The second-order valence-electron chi connectivity index (χ2n) is 3.99. The monoisotopic (exact) mass is 316 g/mol. The molecular weight excluding hydrogens is 308 g/mol. The van der Waals surface area contributed by atoms with Crippen LogP contribution in [-0.4, -0.2) is 5.97 Å². The minimum absolute atomic E-state index is 0.198. The molecule has 0 amide bonds. The first kappa shape index (κ1) is 12.0. The number of fused-ring (bicyclic) bond motifs is 1. The number of rotatable bonds is 2. The molecule has 0 fully saturated rings. The minimum Gasteiger partial charge on any atom is -0.449 e. The van der Waals surface area contributed by atoms with E-state index in [9.17, 15) is 4.79 Å². The van der Waals surface area contributed by atoms with Crippen LogP contribution in [0.4, 0.5) is 0 Å². The van der Waals surface area contributed by atoms with Gasteiger partial charge in [-0.05, 0) is 36.4 Å². The van der Waals surface area contributed by atoms with Gasteiger partial charge in [0.2, 0.25) is 5.76 Å². The number of carbonyl (C=O) groups is 1. The number of para-hydroxylation sites is 1. The molecule has 3 rings (SSSR count). The van der Waals surface area contributed by atoms with Gasteiger partial charge in [-0.2, -0.15) is 0 Å². The van der Waals surface area contributed by atoms with Gasteiger partial charge in [0.15, 0.2) is 0 Å². The standard InChI is InChI=1S/C15H9BrO3/c16-11-5-7-12(8-6-11)18-15(17)14-9-10-3-1-2-4-13(10)19-14/h1-9H. The molecule has 0 saturated carbocycles. The Hall–Kier alpha value is -2.07. The van der Waals surface area contributed by atoms with Crippen LogP contribution in [0, 0.1) is 0 Å². The van der Waals surface area contributed by atoms with Crippen LogP contribution >= 0.6 is 15.9 Å². The highest BCUT2D eigenvalue weighted by molar-refractivity contribution is 9.10. The van der Waals surface area contributed by atoms with Crippen LogP contribution in [0.3, 0.4) is 0 Å². The predicted molar refractivity (Wildman–Crippen MR) is 75.3 cm³/mol. The summed E-state index contributed by atoms with van der Waals surface area (Å²) in [7, 11) is 0. The number of ether oxygens (including phenoxy) is 1. The van der Waals surface area contributed by atoms with Gasteiger partial charge in [0.05, 0.1) is 0 Å². The van der Waals surface area contributed by atoms with Crippen LogP contribution in [0.5, 0.6) is 5.75 Å². The quantitative estimate of drug-likeness (QED) is 0.519. The Labute approximate surface area is 117 Å². The second kappa shape index (κ2) is 4.90. The molecule has 0 bridgehead atoms. The third-order valence-electron chi connectivity index (χ3n) is 2.65. The Morgan fingerprint density at radius 2 is 1.79 bits per heavy atom. The average Bonchev–Trinajstić information content (AvgIpc) is 2.85. The number of carbonyl (C=O) groups excluding carboxylic acids is 1. The molecule has 0 saturated heterocycles. The fraction of sp³-hybridized carbons (Fsp3) is 0. The number of furan rings is 1. The van der Waals surface area contributed by atoms with Gasteiger partial charge >= 0.3 is 5.97 Å². The summed E-state index contributed by atoms with van der Waals surface area (Å²) in [4.78, 5) is 11.9. The molecule has 19 heavy (non-hydrogen) atoms. The van der Waals surface area contributed by atoms with E-state index in [0.29, 0.717) is 11.3 Å². The summed E-state index contributed by atoms with van der Waals surface area (Å²) in [6, 6.07) is 16.2. The number of halogens is 1. The van der Waals surface area contributed by atoms with E-state index in [1.165, 1.54) is 0 Å². The van der Waals surface area contributed by atoms with Crippen molar-refractivity contribution in [2.45, 2.75) is 0 Å². The Kier molecular flexibility index (Phi) is 3.09. The van der Waals surface area contributed by atoms with Gasteiger partial charge in [-0.3, -0.25) is 0 Å². The first-order valence-corrected chi connectivity index (χ1v) is 6.48. The van der Waals surface area contributed by atoms with Crippen molar-refractivity contribution >= 4 is 32.9 Å². The van der Waals surface area contributed by atoms with Gasteiger partial charge in [0, 0.05) is 9.86 Å². The van der Waals surface area contributed by atoms with E-state index in [1.54, 1.807) is 30.3 Å². The molecule has 0 aliphatic carbocycles. The maximum Gasteiger partial charge on any atom is 0.379 e. The summed E-state index contributed by atoms with van der Waals surface area (Å²) >= 11 is 3.32. The van der Waals surface area contributed by atoms with E-state index in [1.807, 2.05) is 24.3 Å². The van der Waals surface area contributed by atoms with Crippen molar-refractivity contribution in [2.24, 2.45) is 0 Å². The fourth-order valence-electron chi connectivity index (χ4n) is 1.74. The molecule has 0 spiro atoms. The summed E-state index contributed by atoms with van der Waals surface area (Å²) in [5.74, 6) is 0.177. The maximum absolute atomic E-state index is 11.9. The molecule has 3 aromatic rings. The maximum atomic E-state index is 11.9. The highest BCUT2D eigenvalue weighted by atomic mass is 79.9. The van der Waals surface area contributed by atoms with Gasteiger partial charge in [-0.25, -0.2) is 4.79 Å². The largest absolute Gasteiger partial charge is 0.449 e. The van der Waals surface area contributed by atoms with Crippen LogP contribution in [0.15, 0.2) is 63.5 Å². The van der Waals surface area contributed by atoms with Crippen molar-refractivity contribution in [3.05, 3.63) is 64.8 Å². The second-order valence-corrected chi connectivity index (χ2v) is 4.91. The molecule has 4 heteroatoms. The van der Waals surface area contributed by atoms with E-state index in [2.05, 4.69) is 15.9 Å². The first-order chi connectivity index (χ1) is 9.22. The van der Waals surface area contributed by atoms with Gasteiger partial charge in [-0.15, -0.1) is 0 Å². The molecule has 0 N–H and O–H groups in total. The molecule has 0 aliphatic heterocycles. The summed E-state index contributed by atoms with van der Waals surface area (Å²) in [6.07, 6.45) is 0. The van der Waals surface area contributed by atoms with Crippen molar-refractivity contribution in [1.82, 2.24) is 0 Å². The number of benzene rings is 2. The van der Waals surface area contributed by atoms with Crippen molar-refractivity contribution in [3.8, 4) is 5.75 Å². The summed E-state index contributed by atoms with van der Waals surface area (Å²) in [5.41, 5.74) is 0.672. The van der Waals surface area contributed by atoms with Crippen molar-refractivity contribution in [3.63, 3.8) is 0 Å². The number of hydrogen-bond donors (Lipinski definition) is 0. The van der Waals surface area contributed by atoms with E-state index < -0.39 is 5.97 Å². The van der Waals surface area contributed by atoms with E-state index in [0.717, 1.165) is 9.86 Å². The predicted octanol–water partition coefficient (Wildman–Crippen LogP) is 4.41. The summed E-state index contributed by atoms with van der Waals surface area (Å²) < 4.78 is 11.6. The zero-order valence-electron chi connectivity index (χ0n) is 9.80. The number of esters is 1. The number of hydrogen-bond acceptors (Lipinski definition) is 3.